The van der Waals surface area contributed by atoms with Crippen molar-refractivity contribution < 1.29 is 18.3 Å². The van der Waals surface area contributed by atoms with E-state index in [4.69, 9.17) is 11.6 Å². The molecular weight excluding hydrogens is 350 g/mol. The topological polar surface area (TPSA) is 41.6 Å². The first-order valence-corrected chi connectivity index (χ1v) is 8.16. The Kier molecular flexibility index (Phi) is 7.16. The zero-order valence-electron chi connectivity index (χ0n) is 13.7. The summed E-state index contributed by atoms with van der Waals surface area (Å²) in [5, 5.41) is 2.71. The number of nitrogens with one attached hydrogen (secondary N) is 1. The normalized spacial score (nSPS) is 11.0. The minimum Gasteiger partial charge on any atom is -0.433 e. The number of alkyl halides is 2. The summed E-state index contributed by atoms with van der Waals surface area (Å²) in [6, 6.07) is 14.0. The number of amides is 1. The Morgan fingerprint density at radius 1 is 1.24 bits per heavy atom. The summed E-state index contributed by atoms with van der Waals surface area (Å²) in [5.41, 5.74) is 1.54. The molecule has 0 atom stereocenters. The molecule has 0 heterocycles. The molecule has 0 saturated carbocycles. The number of nitrogens with zero attached hydrogens (tertiary/aromatic N) is 1. The van der Waals surface area contributed by atoms with E-state index in [-0.39, 0.29) is 23.2 Å². The molecule has 2 rings (SSSR count). The van der Waals surface area contributed by atoms with Crippen LogP contribution in [0.5, 0.6) is 5.75 Å². The van der Waals surface area contributed by atoms with Crippen LogP contribution in [0.3, 0.4) is 0 Å². The fourth-order valence-electron chi connectivity index (χ4n) is 2.29. The first kappa shape index (κ1) is 19.1. The van der Waals surface area contributed by atoms with Gasteiger partial charge in [0, 0.05) is 12.2 Å². The molecule has 2 aromatic rings. The van der Waals surface area contributed by atoms with Crippen LogP contribution in [0.25, 0.3) is 0 Å². The van der Waals surface area contributed by atoms with Gasteiger partial charge in [0.2, 0.25) is 5.91 Å². The van der Waals surface area contributed by atoms with Gasteiger partial charge >= 0.3 is 6.61 Å². The second kappa shape index (κ2) is 9.34. The summed E-state index contributed by atoms with van der Waals surface area (Å²) in [5.74, 6) is -0.342. The lowest BCUT2D eigenvalue weighted by atomic mass is 10.2. The Bertz CT molecular complexity index is 699. The first-order chi connectivity index (χ1) is 12.0. The Balaban J connectivity index is 1.93. The SMILES string of the molecule is CCN(CC(=O)Nc1ccc(OC(F)F)c(Cl)c1)Cc1ccccc1. The van der Waals surface area contributed by atoms with Gasteiger partial charge in [0.15, 0.2) is 0 Å². The highest BCUT2D eigenvalue weighted by atomic mass is 35.5. The molecule has 0 aliphatic heterocycles. The van der Waals surface area contributed by atoms with Crippen molar-refractivity contribution in [1.82, 2.24) is 4.90 Å². The van der Waals surface area contributed by atoms with Gasteiger partial charge in [-0.25, -0.2) is 0 Å². The summed E-state index contributed by atoms with van der Waals surface area (Å²) in [6.45, 7) is 0.604. The van der Waals surface area contributed by atoms with Crippen LogP contribution in [0.1, 0.15) is 12.5 Å². The van der Waals surface area contributed by atoms with E-state index in [1.807, 2.05) is 42.2 Å². The molecule has 1 N–H and O–H groups in total. The zero-order chi connectivity index (χ0) is 18.2. The van der Waals surface area contributed by atoms with Crippen molar-refractivity contribution in [1.29, 1.82) is 0 Å². The summed E-state index contributed by atoms with van der Waals surface area (Å²) in [6.07, 6.45) is 0. The third-order valence-corrected chi connectivity index (χ3v) is 3.79. The van der Waals surface area contributed by atoms with Crippen LogP contribution in [0.2, 0.25) is 5.02 Å². The van der Waals surface area contributed by atoms with Gasteiger partial charge in [-0.1, -0.05) is 48.9 Å². The Labute approximate surface area is 150 Å². The summed E-state index contributed by atoms with van der Waals surface area (Å²) >= 11 is 5.88. The number of carbonyl (C=O) groups is 1. The quantitative estimate of drug-likeness (QED) is 0.750. The van der Waals surface area contributed by atoms with Crippen LogP contribution in [0.4, 0.5) is 14.5 Å². The number of ether oxygens (including phenoxy) is 1. The smallest absolute Gasteiger partial charge is 0.387 e. The molecule has 0 aliphatic carbocycles. The Hall–Kier alpha value is -2.18. The van der Waals surface area contributed by atoms with Crippen molar-refractivity contribution in [2.24, 2.45) is 0 Å². The highest BCUT2D eigenvalue weighted by molar-refractivity contribution is 6.32. The van der Waals surface area contributed by atoms with Crippen molar-refractivity contribution in [3.05, 3.63) is 59.1 Å². The Morgan fingerprint density at radius 3 is 2.56 bits per heavy atom. The fraction of sp³-hybridized carbons (Fsp3) is 0.278. The van der Waals surface area contributed by atoms with Gasteiger partial charge in [-0.05, 0) is 30.3 Å². The molecule has 0 aromatic heterocycles. The van der Waals surface area contributed by atoms with Gasteiger partial charge < -0.3 is 10.1 Å². The van der Waals surface area contributed by atoms with Crippen LogP contribution in [0, 0.1) is 0 Å². The van der Waals surface area contributed by atoms with E-state index in [2.05, 4.69) is 10.1 Å². The van der Waals surface area contributed by atoms with Crippen molar-refractivity contribution in [3.63, 3.8) is 0 Å². The maximum atomic E-state index is 12.2. The highest BCUT2D eigenvalue weighted by Gasteiger charge is 2.12. The third kappa shape index (κ3) is 6.32. The van der Waals surface area contributed by atoms with Crippen LogP contribution < -0.4 is 10.1 Å². The summed E-state index contributed by atoms with van der Waals surface area (Å²) < 4.78 is 28.7. The molecule has 0 saturated heterocycles. The maximum absolute atomic E-state index is 12.2. The van der Waals surface area contributed by atoms with Gasteiger partial charge in [0.1, 0.15) is 5.75 Å². The van der Waals surface area contributed by atoms with E-state index in [0.717, 1.165) is 5.56 Å². The standard InChI is InChI=1S/C18H19ClF2N2O2/c1-2-23(11-13-6-4-3-5-7-13)12-17(24)22-14-8-9-16(15(19)10-14)25-18(20)21/h3-10,18H,2,11-12H2,1H3,(H,22,24). The van der Waals surface area contributed by atoms with E-state index < -0.39 is 6.61 Å². The average Bonchev–Trinajstić information content (AvgIpc) is 2.57. The van der Waals surface area contributed by atoms with E-state index in [1.165, 1.54) is 18.2 Å². The average molecular weight is 369 g/mol. The number of likely N-dealkylation sites (N-methyl/N-ethyl adjacent to an activating group) is 1. The third-order valence-electron chi connectivity index (χ3n) is 3.50. The molecule has 0 aliphatic rings. The first-order valence-electron chi connectivity index (χ1n) is 7.78. The van der Waals surface area contributed by atoms with Crippen molar-refractivity contribution >= 4 is 23.2 Å². The second-order valence-electron chi connectivity index (χ2n) is 5.36. The molecule has 4 nitrogen and oxygen atoms in total. The molecule has 1 amide bonds. The van der Waals surface area contributed by atoms with Gasteiger partial charge in [-0.2, -0.15) is 8.78 Å². The van der Waals surface area contributed by atoms with E-state index >= 15 is 0 Å². The molecule has 25 heavy (non-hydrogen) atoms. The van der Waals surface area contributed by atoms with E-state index in [1.54, 1.807) is 0 Å². The lowest BCUT2D eigenvalue weighted by Crippen LogP contribution is -2.32. The number of hydrogen-bond donors (Lipinski definition) is 1. The monoisotopic (exact) mass is 368 g/mol. The largest absolute Gasteiger partial charge is 0.433 e. The fourth-order valence-corrected chi connectivity index (χ4v) is 2.52. The van der Waals surface area contributed by atoms with Gasteiger partial charge in [-0.3, -0.25) is 9.69 Å². The predicted octanol–water partition coefficient (Wildman–Crippen LogP) is 4.40. The van der Waals surface area contributed by atoms with Crippen molar-refractivity contribution in [2.45, 2.75) is 20.1 Å². The van der Waals surface area contributed by atoms with Crippen molar-refractivity contribution in [2.75, 3.05) is 18.4 Å². The number of benzene rings is 2. The van der Waals surface area contributed by atoms with Gasteiger partial charge in [0.25, 0.3) is 0 Å². The molecule has 7 heteroatoms. The molecule has 0 fully saturated rings. The predicted molar refractivity (Wildman–Crippen MR) is 94.1 cm³/mol. The van der Waals surface area contributed by atoms with Crippen LogP contribution in [0.15, 0.2) is 48.5 Å². The molecule has 2 aromatic carbocycles. The molecule has 134 valence electrons. The number of halogens is 3. The number of hydrogen-bond acceptors (Lipinski definition) is 3. The van der Waals surface area contributed by atoms with Gasteiger partial charge in [0.05, 0.1) is 11.6 Å². The number of rotatable bonds is 8. The molecule has 0 bridgehead atoms. The minimum atomic E-state index is -2.95. The number of anilines is 1. The Morgan fingerprint density at radius 2 is 1.96 bits per heavy atom. The van der Waals surface area contributed by atoms with Crippen LogP contribution in [-0.2, 0) is 11.3 Å². The van der Waals surface area contributed by atoms with Crippen LogP contribution >= 0.6 is 11.6 Å². The summed E-state index contributed by atoms with van der Waals surface area (Å²) in [4.78, 5) is 14.2. The van der Waals surface area contributed by atoms with Crippen LogP contribution in [-0.4, -0.2) is 30.5 Å². The molecule has 0 spiro atoms. The zero-order valence-corrected chi connectivity index (χ0v) is 14.5. The lowest BCUT2D eigenvalue weighted by Gasteiger charge is -2.20. The van der Waals surface area contributed by atoms with Crippen molar-refractivity contribution in [3.8, 4) is 5.75 Å². The van der Waals surface area contributed by atoms with Gasteiger partial charge in [-0.15, -0.1) is 0 Å². The maximum Gasteiger partial charge on any atom is 0.387 e. The molecular formula is C18H19ClF2N2O2. The molecule has 0 unspecified atom stereocenters. The van der Waals surface area contributed by atoms with E-state index in [0.29, 0.717) is 18.8 Å². The molecule has 0 radical (unpaired) electrons. The second-order valence-corrected chi connectivity index (χ2v) is 5.77. The van der Waals surface area contributed by atoms with E-state index in [9.17, 15) is 13.6 Å². The highest BCUT2D eigenvalue weighted by Crippen LogP contribution is 2.28. The minimum absolute atomic E-state index is 0.00901. The number of carbonyl (C=O) groups excluding carboxylic acids is 1. The lowest BCUT2D eigenvalue weighted by molar-refractivity contribution is -0.117. The summed E-state index contributed by atoms with van der Waals surface area (Å²) in [7, 11) is 0.